The zero-order valence-corrected chi connectivity index (χ0v) is 25.1. The van der Waals surface area contributed by atoms with Crippen LogP contribution in [0.15, 0.2) is 66.7 Å². The van der Waals surface area contributed by atoms with Crippen LogP contribution in [0.25, 0.3) is 0 Å². The molecule has 9 heteroatoms. The molecule has 0 aromatic heterocycles. The second-order valence-corrected chi connectivity index (χ2v) is 11.2. The highest BCUT2D eigenvalue weighted by molar-refractivity contribution is 6.05. The molecule has 3 aromatic rings. The number of anilines is 4. The SMILES string of the molecule is COC(=O)CCCc1ccc(NC(=O)c2ccc3c(c2)C(Nc2ccc(N4CCOCC4)cc2)CC(C)N3C(C)=O)cc1. The average Bonchev–Trinajstić information content (AvgIpc) is 3.02. The van der Waals surface area contributed by atoms with Gasteiger partial charge in [-0.2, -0.15) is 0 Å². The molecular weight excluding hydrogens is 544 g/mol. The van der Waals surface area contributed by atoms with Gasteiger partial charge in [-0.05, 0) is 91.9 Å². The standard InChI is InChI=1S/C34H40N4O5/c1-23-21-31(35-27-12-14-29(15-13-27)37-17-19-43-20-18-37)30-22-26(9-16-32(30)38(23)24(2)39)34(41)36-28-10-7-25(8-11-28)5-4-6-33(40)42-3/h7-16,22-23,31,35H,4-6,17-21H2,1-3H3,(H,36,41). The van der Waals surface area contributed by atoms with E-state index >= 15 is 0 Å². The maximum absolute atomic E-state index is 13.3. The van der Waals surface area contributed by atoms with Gasteiger partial charge in [-0.15, -0.1) is 0 Å². The van der Waals surface area contributed by atoms with Crippen molar-refractivity contribution in [2.75, 3.05) is 53.8 Å². The van der Waals surface area contributed by atoms with Crippen LogP contribution in [-0.2, 0) is 25.5 Å². The van der Waals surface area contributed by atoms with Crippen molar-refractivity contribution in [1.29, 1.82) is 0 Å². The Balaban J connectivity index is 1.31. The Bertz CT molecular complexity index is 1430. The van der Waals surface area contributed by atoms with Gasteiger partial charge in [-0.3, -0.25) is 14.4 Å². The predicted molar refractivity (Wildman–Crippen MR) is 169 cm³/mol. The first-order valence-electron chi connectivity index (χ1n) is 14.9. The number of amides is 2. The number of hydrogen-bond donors (Lipinski definition) is 2. The van der Waals surface area contributed by atoms with Crippen LogP contribution in [-0.4, -0.2) is 57.2 Å². The highest BCUT2D eigenvalue weighted by Gasteiger charge is 2.33. The third kappa shape index (κ3) is 7.35. The van der Waals surface area contributed by atoms with E-state index < -0.39 is 0 Å². The number of nitrogens with one attached hydrogen (secondary N) is 2. The van der Waals surface area contributed by atoms with Crippen molar-refractivity contribution in [2.45, 2.75) is 51.6 Å². The number of ether oxygens (including phenoxy) is 2. The number of aryl methyl sites for hydroxylation is 1. The van der Waals surface area contributed by atoms with Crippen LogP contribution in [0.2, 0.25) is 0 Å². The summed E-state index contributed by atoms with van der Waals surface area (Å²) in [6.45, 7) is 6.88. The molecule has 2 aliphatic rings. The molecule has 0 aliphatic carbocycles. The van der Waals surface area contributed by atoms with E-state index in [1.165, 1.54) is 12.8 Å². The van der Waals surface area contributed by atoms with E-state index in [9.17, 15) is 14.4 Å². The maximum atomic E-state index is 13.3. The van der Waals surface area contributed by atoms with Gasteiger partial charge in [0.2, 0.25) is 5.91 Å². The van der Waals surface area contributed by atoms with Crippen molar-refractivity contribution in [3.63, 3.8) is 0 Å². The Morgan fingerprint density at radius 2 is 1.65 bits per heavy atom. The van der Waals surface area contributed by atoms with E-state index in [0.717, 1.165) is 55.2 Å². The summed E-state index contributed by atoms with van der Waals surface area (Å²) < 4.78 is 10.2. The van der Waals surface area contributed by atoms with Crippen LogP contribution >= 0.6 is 0 Å². The Hall–Kier alpha value is -4.37. The van der Waals surface area contributed by atoms with Crippen molar-refractivity contribution in [3.8, 4) is 0 Å². The zero-order chi connectivity index (χ0) is 30.3. The first-order chi connectivity index (χ1) is 20.8. The van der Waals surface area contributed by atoms with Gasteiger partial charge in [-0.1, -0.05) is 12.1 Å². The van der Waals surface area contributed by atoms with Crippen molar-refractivity contribution >= 4 is 40.5 Å². The molecule has 2 amide bonds. The minimum absolute atomic E-state index is 0.000864. The summed E-state index contributed by atoms with van der Waals surface area (Å²) >= 11 is 0. The molecular formula is C34H40N4O5. The lowest BCUT2D eigenvalue weighted by molar-refractivity contribution is -0.140. The topological polar surface area (TPSA) is 100 Å². The second-order valence-electron chi connectivity index (χ2n) is 11.2. The number of benzene rings is 3. The number of carbonyl (C=O) groups is 3. The lowest BCUT2D eigenvalue weighted by atomic mass is 9.90. The number of carbonyl (C=O) groups excluding carboxylic acids is 3. The van der Waals surface area contributed by atoms with Gasteiger partial charge < -0.3 is 29.9 Å². The van der Waals surface area contributed by atoms with Gasteiger partial charge in [0.25, 0.3) is 5.91 Å². The molecule has 1 fully saturated rings. The Morgan fingerprint density at radius 1 is 0.953 bits per heavy atom. The Labute approximate surface area is 253 Å². The summed E-state index contributed by atoms with van der Waals surface area (Å²) in [6, 6.07) is 21.5. The van der Waals surface area contributed by atoms with Gasteiger partial charge in [0, 0.05) is 60.8 Å². The fourth-order valence-corrected chi connectivity index (χ4v) is 5.91. The molecule has 5 rings (SSSR count). The van der Waals surface area contributed by atoms with E-state index in [0.29, 0.717) is 30.5 Å². The molecule has 0 radical (unpaired) electrons. The van der Waals surface area contributed by atoms with Crippen molar-refractivity contribution in [1.82, 2.24) is 0 Å². The molecule has 0 bridgehead atoms. The Morgan fingerprint density at radius 3 is 2.33 bits per heavy atom. The first-order valence-corrected chi connectivity index (χ1v) is 14.9. The van der Waals surface area contributed by atoms with Gasteiger partial charge >= 0.3 is 5.97 Å². The molecule has 2 N–H and O–H groups in total. The third-order valence-corrected chi connectivity index (χ3v) is 8.15. The van der Waals surface area contributed by atoms with Crippen LogP contribution in [0, 0.1) is 0 Å². The van der Waals surface area contributed by atoms with E-state index in [1.807, 2.05) is 41.3 Å². The quantitative estimate of drug-likeness (QED) is 0.317. The van der Waals surface area contributed by atoms with Gasteiger partial charge in [0.05, 0.1) is 26.4 Å². The molecule has 226 valence electrons. The minimum atomic E-state index is -0.220. The number of rotatable bonds is 9. The fraction of sp³-hybridized carbons (Fsp3) is 0.382. The number of fused-ring (bicyclic) bond motifs is 1. The van der Waals surface area contributed by atoms with Crippen LogP contribution < -0.4 is 20.4 Å². The Kier molecular flexibility index (Phi) is 9.61. The van der Waals surface area contributed by atoms with Crippen LogP contribution in [0.4, 0.5) is 22.7 Å². The van der Waals surface area contributed by atoms with E-state index in [1.54, 1.807) is 13.0 Å². The molecule has 3 aromatic carbocycles. The third-order valence-electron chi connectivity index (χ3n) is 8.15. The van der Waals surface area contributed by atoms with Crippen molar-refractivity contribution < 1.29 is 23.9 Å². The summed E-state index contributed by atoms with van der Waals surface area (Å²) in [5.74, 6) is -0.456. The van der Waals surface area contributed by atoms with Gasteiger partial charge in [0.1, 0.15) is 0 Å². The van der Waals surface area contributed by atoms with E-state index in [4.69, 9.17) is 9.47 Å². The average molecular weight is 585 g/mol. The molecule has 2 heterocycles. The highest BCUT2D eigenvalue weighted by Crippen LogP contribution is 2.40. The number of morpholine rings is 1. The van der Waals surface area contributed by atoms with Gasteiger partial charge in [-0.25, -0.2) is 0 Å². The molecule has 43 heavy (non-hydrogen) atoms. The molecule has 2 unspecified atom stereocenters. The summed E-state index contributed by atoms with van der Waals surface area (Å²) in [5, 5.41) is 6.66. The van der Waals surface area contributed by atoms with Crippen LogP contribution in [0.3, 0.4) is 0 Å². The number of esters is 1. The monoisotopic (exact) mass is 584 g/mol. The summed E-state index contributed by atoms with van der Waals surface area (Å²) in [4.78, 5) is 41.4. The molecule has 9 nitrogen and oxygen atoms in total. The fourth-order valence-electron chi connectivity index (χ4n) is 5.91. The zero-order valence-electron chi connectivity index (χ0n) is 25.1. The summed E-state index contributed by atoms with van der Waals surface area (Å²) in [5.41, 5.74) is 6.18. The molecule has 0 spiro atoms. The summed E-state index contributed by atoms with van der Waals surface area (Å²) in [6.07, 6.45) is 2.54. The lowest BCUT2D eigenvalue weighted by Crippen LogP contribution is -2.43. The first kappa shape index (κ1) is 30.1. The van der Waals surface area contributed by atoms with Crippen molar-refractivity contribution in [3.05, 3.63) is 83.4 Å². The number of methoxy groups -OCH3 is 1. The second kappa shape index (κ2) is 13.7. The lowest BCUT2D eigenvalue weighted by Gasteiger charge is -2.39. The normalized spacial score (nSPS) is 18.0. The molecule has 0 saturated carbocycles. The number of hydrogen-bond acceptors (Lipinski definition) is 7. The van der Waals surface area contributed by atoms with Crippen LogP contribution in [0.5, 0.6) is 0 Å². The maximum Gasteiger partial charge on any atom is 0.305 e. The minimum Gasteiger partial charge on any atom is -0.469 e. The summed E-state index contributed by atoms with van der Waals surface area (Å²) in [7, 11) is 1.39. The van der Waals surface area contributed by atoms with Crippen molar-refractivity contribution in [2.24, 2.45) is 0 Å². The largest absolute Gasteiger partial charge is 0.469 e. The molecule has 2 atom stereocenters. The number of nitrogens with zero attached hydrogens (tertiary/aromatic N) is 2. The highest BCUT2D eigenvalue weighted by atomic mass is 16.5. The predicted octanol–water partition coefficient (Wildman–Crippen LogP) is 5.57. The molecule has 2 aliphatic heterocycles. The molecule has 1 saturated heterocycles. The smallest absolute Gasteiger partial charge is 0.305 e. The van der Waals surface area contributed by atoms with E-state index in [-0.39, 0.29) is 29.9 Å². The van der Waals surface area contributed by atoms with Crippen LogP contribution in [0.1, 0.15) is 60.6 Å². The van der Waals surface area contributed by atoms with E-state index in [2.05, 4.69) is 46.7 Å². The van der Waals surface area contributed by atoms with Gasteiger partial charge in [0.15, 0.2) is 0 Å².